The van der Waals surface area contributed by atoms with Crippen molar-refractivity contribution in [3.05, 3.63) is 12.7 Å². The molecule has 0 saturated heterocycles. The molecule has 0 fully saturated rings. The predicted octanol–water partition coefficient (Wildman–Crippen LogP) is 0.676. The van der Waals surface area contributed by atoms with E-state index >= 15 is 0 Å². The largest absolute Gasteiger partial charge is 0.392 e. The maximum absolute atomic E-state index is 12.0. The summed E-state index contributed by atoms with van der Waals surface area (Å²) in [6.45, 7) is 6.68. The molecule has 6 heteroatoms. The number of aromatic nitrogens is 3. The van der Waals surface area contributed by atoms with Gasteiger partial charge in [-0.25, -0.2) is 4.98 Å². The molecule has 1 aromatic heterocycles. The Morgan fingerprint density at radius 2 is 2.17 bits per heavy atom. The third-order valence-electron chi connectivity index (χ3n) is 2.65. The molecular formula is C12H22N4O2. The molecule has 0 bridgehead atoms. The number of aryl methyl sites for hydroxylation is 1. The molecule has 0 saturated carbocycles. The van der Waals surface area contributed by atoms with Gasteiger partial charge in [-0.3, -0.25) is 9.48 Å². The summed E-state index contributed by atoms with van der Waals surface area (Å²) in [4.78, 5) is 17.6. The highest BCUT2D eigenvalue weighted by Crippen LogP contribution is 2.06. The van der Waals surface area contributed by atoms with E-state index in [2.05, 4.69) is 10.1 Å². The minimum absolute atomic E-state index is 0.0750. The molecule has 0 spiro atoms. The zero-order valence-electron chi connectivity index (χ0n) is 11.3. The minimum atomic E-state index is -0.494. The number of hydrogen-bond acceptors (Lipinski definition) is 4. The lowest BCUT2D eigenvalue weighted by atomic mass is 10.2. The molecular weight excluding hydrogens is 232 g/mol. The van der Waals surface area contributed by atoms with Gasteiger partial charge in [-0.2, -0.15) is 5.10 Å². The Morgan fingerprint density at radius 3 is 2.67 bits per heavy atom. The summed E-state index contributed by atoms with van der Waals surface area (Å²) in [7, 11) is 0. The summed E-state index contributed by atoms with van der Waals surface area (Å²) in [6, 6.07) is 0.110. The van der Waals surface area contributed by atoms with Crippen LogP contribution in [-0.4, -0.2) is 49.4 Å². The molecule has 0 aliphatic carbocycles. The highest BCUT2D eigenvalue weighted by atomic mass is 16.3. The van der Waals surface area contributed by atoms with E-state index in [1.54, 1.807) is 22.8 Å². The molecule has 18 heavy (non-hydrogen) atoms. The van der Waals surface area contributed by atoms with Crippen LogP contribution in [0.2, 0.25) is 0 Å². The maximum atomic E-state index is 12.0. The third-order valence-corrected chi connectivity index (χ3v) is 2.65. The SMILES string of the molecule is CC(O)CN(C(=O)CCCn1cncn1)C(C)C. The predicted molar refractivity (Wildman–Crippen MR) is 67.8 cm³/mol. The van der Waals surface area contributed by atoms with Crippen molar-refractivity contribution in [1.29, 1.82) is 0 Å². The van der Waals surface area contributed by atoms with Gasteiger partial charge in [0, 0.05) is 25.6 Å². The van der Waals surface area contributed by atoms with E-state index in [1.165, 1.54) is 6.33 Å². The fourth-order valence-corrected chi connectivity index (χ4v) is 1.77. The quantitative estimate of drug-likeness (QED) is 0.776. The number of nitrogens with zero attached hydrogens (tertiary/aromatic N) is 4. The molecule has 1 heterocycles. The van der Waals surface area contributed by atoms with E-state index in [-0.39, 0.29) is 11.9 Å². The van der Waals surface area contributed by atoms with Crippen LogP contribution in [0.25, 0.3) is 0 Å². The Morgan fingerprint density at radius 1 is 1.44 bits per heavy atom. The number of aliphatic hydroxyl groups is 1. The van der Waals surface area contributed by atoms with E-state index < -0.39 is 6.10 Å². The molecule has 1 unspecified atom stereocenters. The number of carbonyl (C=O) groups excluding carboxylic acids is 1. The van der Waals surface area contributed by atoms with E-state index in [1.807, 2.05) is 13.8 Å². The Labute approximate surface area is 108 Å². The van der Waals surface area contributed by atoms with Crippen molar-refractivity contribution in [2.24, 2.45) is 0 Å². The smallest absolute Gasteiger partial charge is 0.222 e. The van der Waals surface area contributed by atoms with Crippen molar-refractivity contribution < 1.29 is 9.90 Å². The van der Waals surface area contributed by atoms with Gasteiger partial charge < -0.3 is 10.0 Å². The summed E-state index contributed by atoms with van der Waals surface area (Å²) < 4.78 is 1.71. The molecule has 0 radical (unpaired) electrons. The maximum Gasteiger partial charge on any atom is 0.222 e. The zero-order valence-corrected chi connectivity index (χ0v) is 11.3. The van der Waals surface area contributed by atoms with Crippen LogP contribution < -0.4 is 0 Å². The van der Waals surface area contributed by atoms with E-state index in [4.69, 9.17) is 0 Å². The second-order valence-corrected chi connectivity index (χ2v) is 4.75. The molecule has 1 atom stereocenters. The molecule has 102 valence electrons. The summed E-state index contributed by atoms with van der Waals surface area (Å²) in [5.74, 6) is 0.0750. The number of hydrogen-bond donors (Lipinski definition) is 1. The Balaban J connectivity index is 2.37. The average Bonchev–Trinajstić information content (AvgIpc) is 2.78. The average molecular weight is 254 g/mol. The van der Waals surface area contributed by atoms with Gasteiger partial charge in [-0.05, 0) is 27.2 Å². The standard InChI is InChI=1S/C12H22N4O2/c1-10(2)16(7-11(3)17)12(18)5-4-6-15-9-13-8-14-15/h8-11,17H,4-7H2,1-3H3. The summed E-state index contributed by atoms with van der Waals surface area (Å²) in [6.07, 6.45) is 3.82. The van der Waals surface area contributed by atoms with E-state index in [9.17, 15) is 9.90 Å². The lowest BCUT2D eigenvalue weighted by Gasteiger charge is -2.28. The van der Waals surface area contributed by atoms with Crippen LogP contribution in [0.4, 0.5) is 0 Å². The van der Waals surface area contributed by atoms with Crippen LogP contribution in [-0.2, 0) is 11.3 Å². The third kappa shape index (κ3) is 4.83. The van der Waals surface area contributed by atoms with Crippen LogP contribution >= 0.6 is 0 Å². The topological polar surface area (TPSA) is 71.2 Å². The van der Waals surface area contributed by atoms with Crippen molar-refractivity contribution in [2.45, 2.75) is 52.3 Å². The molecule has 0 aliphatic rings. The first-order valence-corrected chi connectivity index (χ1v) is 6.30. The van der Waals surface area contributed by atoms with Gasteiger partial charge >= 0.3 is 0 Å². The number of aliphatic hydroxyl groups excluding tert-OH is 1. The van der Waals surface area contributed by atoms with Crippen LogP contribution in [0.5, 0.6) is 0 Å². The van der Waals surface area contributed by atoms with Gasteiger partial charge in [0.25, 0.3) is 0 Å². The lowest BCUT2D eigenvalue weighted by molar-refractivity contribution is -0.134. The summed E-state index contributed by atoms with van der Waals surface area (Å²) in [5, 5.41) is 13.4. The van der Waals surface area contributed by atoms with Crippen molar-refractivity contribution in [3.8, 4) is 0 Å². The number of rotatable bonds is 7. The first-order chi connectivity index (χ1) is 8.50. The van der Waals surface area contributed by atoms with Gasteiger partial charge in [0.1, 0.15) is 12.7 Å². The Bertz CT molecular complexity index is 349. The highest BCUT2D eigenvalue weighted by molar-refractivity contribution is 5.76. The van der Waals surface area contributed by atoms with Gasteiger partial charge in [0.15, 0.2) is 0 Å². The lowest BCUT2D eigenvalue weighted by Crippen LogP contribution is -2.41. The van der Waals surface area contributed by atoms with E-state index in [0.29, 0.717) is 19.5 Å². The van der Waals surface area contributed by atoms with Crippen molar-refractivity contribution in [1.82, 2.24) is 19.7 Å². The Kier molecular flexibility index (Phi) is 5.77. The minimum Gasteiger partial charge on any atom is -0.392 e. The second-order valence-electron chi connectivity index (χ2n) is 4.75. The normalized spacial score (nSPS) is 12.7. The number of amides is 1. The van der Waals surface area contributed by atoms with Crippen LogP contribution in [0.1, 0.15) is 33.6 Å². The molecule has 0 aromatic carbocycles. The Hall–Kier alpha value is -1.43. The van der Waals surface area contributed by atoms with Crippen molar-refractivity contribution in [2.75, 3.05) is 6.54 Å². The fourth-order valence-electron chi connectivity index (χ4n) is 1.77. The van der Waals surface area contributed by atoms with E-state index in [0.717, 1.165) is 6.42 Å². The van der Waals surface area contributed by atoms with Gasteiger partial charge in [-0.15, -0.1) is 0 Å². The fraction of sp³-hybridized carbons (Fsp3) is 0.750. The molecule has 0 aliphatic heterocycles. The monoisotopic (exact) mass is 254 g/mol. The zero-order chi connectivity index (χ0) is 13.5. The second kappa shape index (κ2) is 7.10. The molecule has 1 rings (SSSR count). The van der Waals surface area contributed by atoms with Gasteiger partial charge in [-0.1, -0.05) is 0 Å². The highest BCUT2D eigenvalue weighted by Gasteiger charge is 2.18. The van der Waals surface area contributed by atoms with Crippen molar-refractivity contribution >= 4 is 5.91 Å². The van der Waals surface area contributed by atoms with Crippen LogP contribution in [0.3, 0.4) is 0 Å². The van der Waals surface area contributed by atoms with Crippen LogP contribution in [0, 0.1) is 0 Å². The van der Waals surface area contributed by atoms with Gasteiger partial charge in [0.05, 0.1) is 6.10 Å². The first kappa shape index (κ1) is 14.6. The molecule has 6 nitrogen and oxygen atoms in total. The van der Waals surface area contributed by atoms with Gasteiger partial charge in [0.2, 0.25) is 5.91 Å². The summed E-state index contributed by atoms with van der Waals surface area (Å²) in [5.41, 5.74) is 0. The first-order valence-electron chi connectivity index (χ1n) is 6.30. The number of carbonyl (C=O) groups is 1. The summed E-state index contributed by atoms with van der Waals surface area (Å²) >= 11 is 0. The molecule has 1 N–H and O–H groups in total. The van der Waals surface area contributed by atoms with Crippen molar-refractivity contribution in [3.63, 3.8) is 0 Å². The molecule has 1 amide bonds. The molecule has 1 aromatic rings. The van der Waals surface area contributed by atoms with Crippen LogP contribution in [0.15, 0.2) is 12.7 Å².